The summed E-state index contributed by atoms with van der Waals surface area (Å²) in [6, 6.07) is 10.6. The number of amides is 1. The summed E-state index contributed by atoms with van der Waals surface area (Å²) in [6.45, 7) is 0.702. The number of benzene rings is 1. The summed E-state index contributed by atoms with van der Waals surface area (Å²) in [7, 11) is 0. The van der Waals surface area contributed by atoms with Gasteiger partial charge in [-0.05, 0) is 61.9 Å². The molecule has 2 N–H and O–H groups in total. The number of likely N-dealkylation sites (tertiary alicyclic amines) is 1. The van der Waals surface area contributed by atoms with Gasteiger partial charge in [0.15, 0.2) is 0 Å². The van der Waals surface area contributed by atoms with E-state index in [1.54, 1.807) is 24.3 Å². The third-order valence-electron chi connectivity index (χ3n) is 4.64. The number of carbonyl (C=O) groups excluding carboxylic acids is 1. The van der Waals surface area contributed by atoms with Crippen LogP contribution in [0.4, 0.5) is 0 Å². The molecule has 1 atom stereocenters. The summed E-state index contributed by atoms with van der Waals surface area (Å²) in [5.41, 5.74) is 1.03. The zero-order valence-corrected chi connectivity index (χ0v) is 13.6. The van der Waals surface area contributed by atoms with Crippen LogP contribution in [0.2, 0.25) is 0 Å². The van der Waals surface area contributed by atoms with Crippen LogP contribution in [-0.2, 0) is 6.42 Å². The van der Waals surface area contributed by atoms with E-state index in [1.165, 1.54) is 6.20 Å². The predicted octanol–water partition coefficient (Wildman–Crippen LogP) is 2.71. The van der Waals surface area contributed by atoms with E-state index in [1.807, 2.05) is 17.0 Å². The number of hydrogen-bond donors (Lipinski definition) is 2. The van der Waals surface area contributed by atoms with Crippen molar-refractivity contribution in [2.75, 3.05) is 6.54 Å². The number of aryl methyl sites for hydroxylation is 1. The number of hydrogen-bond acceptors (Lipinski definition) is 3. The lowest BCUT2D eigenvalue weighted by Crippen LogP contribution is -2.45. The lowest BCUT2D eigenvalue weighted by molar-refractivity contribution is 0.0600. The molecule has 126 valence electrons. The van der Waals surface area contributed by atoms with Gasteiger partial charge in [0.2, 0.25) is 0 Å². The van der Waals surface area contributed by atoms with Crippen LogP contribution < -0.4 is 5.56 Å². The van der Waals surface area contributed by atoms with E-state index >= 15 is 0 Å². The molecular formula is C19H22N2O3. The number of carbonyl (C=O) groups is 1. The van der Waals surface area contributed by atoms with Crippen LogP contribution in [-0.4, -0.2) is 33.5 Å². The van der Waals surface area contributed by atoms with Crippen LogP contribution in [0.5, 0.6) is 5.75 Å². The van der Waals surface area contributed by atoms with Crippen molar-refractivity contribution in [1.29, 1.82) is 0 Å². The maximum absolute atomic E-state index is 12.8. The summed E-state index contributed by atoms with van der Waals surface area (Å²) >= 11 is 0. The number of pyridine rings is 1. The van der Waals surface area contributed by atoms with Crippen molar-refractivity contribution in [3.63, 3.8) is 0 Å². The largest absolute Gasteiger partial charge is 0.508 e. The highest BCUT2D eigenvalue weighted by molar-refractivity contribution is 5.94. The van der Waals surface area contributed by atoms with Gasteiger partial charge in [-0.15, -0.1) is 0 Å². The van der Waals surface area contributed by atoms with Crippen molar-refractivity contribution in [1.82, 2.24) is 9.88 Å². The monoisotopic (exact) mass is 326 g/mol. The third-order valence-corrected chi connectivity index (χ3v) is 4.64. The van der Waals surface area contributed by atoms with Crippen molar-refractivity contribution in [3.05, 3.63) is 64.1 Å². The van der Waals surface area contributed by atoms with Gasteiger partial charge in [0.1, 0.15) is 11.3 Å². The highest BCUT2D eigenvalue weighted by Gasteiger charge is 2.28. The van der Waals surface area contributed by atoms with Crippen molar-refractivity contribution in [2.24, 2.45) is 0 Å². The van der Waals surface area contributed by atoms with Crippen molar-refractivity contribution in [2.45, 2.75) is 38.1 Å². The van der Waals surface area contributed by atoms with E-state index in [2.05, 4.69) is 4.98 Å². The zero-order valence-electron chi connectivity index (χ0n) is 13.6. The fraction of sp³-hybridized carbons (Fsp3) is 0.368. The van der Waals surface area contributed by atoms with E-state index in [9.17, 15) is 14.7 Å². The number of aromatic hydroxyl groups is 1. The summed E-state index contributed by atoms with van der Waals surface area (Å²) in [5.74, 6) is 0.0868. The first-order chi connectivity index (χ1) is 11.6. The number of rotatable bonds is 4. The standard InChI is InChI=1S/C19H22N2O3/c22-16-10-7-14(8-11-16)6-9-15-4-1-2-13-21(15)19(24)17-5-3-12-20-18(17)23/h3,5,7-8,10-12,15,22H,1-2,4,6,9,13H2,(H,20,23)/t15-/m0/s1. The minimum Gasteiger partial charge on any atom is -0.508 e. The van der Waals surface area contributed by atoms with Crippen LogP contribution in [0.15, 0.2) is 47.4 Å². The molecule has 0 saturated carbocycles. The highest BCUT2D eigenvalue weighted by Crippen LogP contribution is 2.23. The van der Waals surface area contributed by atoms with Gasteiger partial charge in [-0.3, -0.25) is 9.59 Å². The van der Waals surface area contributed by atoms with E-state index in [-0.39, 0.29) is 28.8 Å². The maximum Gasteiger partial charge on any atom is 0.260 e. The molecule has 1 aromatic heterocycles. The van der Waals surface area contributed by atoms with Gasteiger partial charge in [0, 0.05) is 18.8 Å². The number of H-pyrrole nitrogens is 1. The summed E-state index contributed by atoms with van der Waals surface area (Å²) in [6.07, 6.45) is 6.30. The molecule has 0 bridgehead atoms. The first-order valence-corrected chi connectivity index (χ1v) is 8.42. The Hall–Kier alpha value is -2.56. The highest BCUT2D eigenvalue weighted by atomic mass is 16.3. The van der Waals surface area contributed by atoms with Crippen molar-refractivity contribution >= 4 is 5.91 Å². The maximum atomic E-state index is 12.8. The number of phenols is 1. The Bertz CT molecular complexity index is 752. The molecule has 1 aliphatic rings. The average molecular weight is 326 g/mol. The van der Waals surface area contributed by atoms with Crippen LogP contribution in [0.25, 0.3) is 0 Å². The van der Waals surface area contributed by atoms with Crippen LogP contribution in [0, 0.1) is 0 Å². The third kappa shape index (κ3) is 3.67. The second-order valence-electron chi connectivity index (χ2n) is 6.27. The van der Waals surface area contributed by atoms with Gasteiger partial charge >= 0.3 is 0 Å². The molecule has 5 heteroatoms. The van der Waals surface area contributed by atoms with E-state index in [0.717, 1.165) is 37.7 Å². The number of aromatic nitrogens is 1. The summed E-state index contributed by atoms with van der Waals surface area (Å²) in [5, 5.41) is 9.36. The van der Waals surface area contributed by atoms with Crippen LogP contribution >= 0.6 is 0 Å². The topological polar surface area (TPSA) is 73.4 Å². The Morgan fingerprint density at radius 1 is 1.21 bits per heavy atom. The quantitative estimate of drug-likeness (QED) is 0.907. The number of nitrogens with one attached hydrogen (secondary N) is 1. The smallest absolute Gasteiger partial charge is 0.260 e. The Morgan fingerprint density at radius 2 is 2.00 bits per heavy atom. The summed E-state index contributed by atoms with van der Waals surface area (Å²) < 4.78 is 0. The molecule has 2 aromatic rings. The number of phenolic OH excluding ortho intramolecular Hbond substituents is 1. The molecular weight excluding hydrogens is 304 g/mol. The number of aromatic amines is 1. The van der Waals surface area contributed by atoms with Crippen molar-refractivity contribution in [3.8, 4) is 5.75 Å². The Morgan fingerprint density at radius 3 is 2.75 bits per heavy atom. The first kappa shape index (κ1) is 16.3. The second-order valence-corrected chi connectivity index (χ2v) is 6.27. The van der Waals surface area contributed by atoms with E-state index in [0.29, 0.717) is 6.54 Å². The minimum atomic E-state index is -0.328. The molecule has 0 spiro atoms. The van der Waals surface area contributed by atoms with Crippen molar-refractivity contribution < 1.29 is 9.90 Å². The number of nitrogens with zero attached hydrogens (tertiary/aromatic N) is 1. The van der Waals surface area contributed by atoms with Gasteiger partial charge in [-0.25, -0.2) is 0 Å². The predicted molar refractivity (Wildman–Crippen MR) is 92.2 cm³/mol. The van der Waals surface area contributed by atoms with Crippen LogP contribution in [0.3, 0.4) is 0 Å². The molecule has 1 amide bonds. The molecule has 1 aromatic carbocycles. The Kier molecular flexibility index (Phi) is 4.99. The molecule has 3 rings (SSSR count). The van der Waals surface area contributed by atoms with E-state index < -0.39 is 0 Å². The van der Waals surface area contributed by atoms with E-state index in [4.69, 9.17) is 0 Å². The number of piperidine rings is 1. The SMILES string of the molecule is O=C(c1ccc[nH]c1=O)N1CCCC[C@H]1CCc1ccc(O)cc1. The molecule has 2 heterocycles. The average Bonchev–Trinajstić information content (AvgIpc) is 2.61. The molecule has 1 fully saturated rings. The van der Waals surface area contributed by atoms with Gasteiger partial charge in [0.25, 0.3) is 11.5 Å². The normalized spacial score (nSPS) is 17.7. The minimum absolute atomic E-state index is 0.152. The van der Waals surface area contributed by atoms with Gasteiger partial charge < -0.3 is 15.0 Å². The second kappa shape index (κ2) is 7.34. The molecule has 24 heavy (non-hydrogen) atoms. The lowest BCUT2D eigenvalue weighted by atomic mass is 9.95. The fourth-order valence-corrected chi connectivity index (χ4v) is 3.31. The first-order valence-electron chi connectivity index (χ1n) is 8.42. The summed E-state index contributed by atoms with van der Waals surface area (Å²) in [4.78, 5) is 29.1. The Labute approximate surface area is 140 Å². The zero-order chi connectivity index (χ0) is 16.9. The van der Waals surface area contributed by atoms with Crippen LogP contribution in [0.1, 0.15) is 41.6 Å². The van der Waals surface area contributed by atoms with Gasteiger partial charge in [-0.2, -0.15) is 0 Å². The molecule has 1 aliphatic heterocycles. The molecule has 0 aliphatic carbocycles. The Balaban J connectivity index is 1.71. The lowest BCUT2D eigenvalue weighted by Gasteiger charge is -2.36. The molecule has 0 radical (unpaired) electrons. The van der Waals surface area contributed by atoms with Gasteiger partial charge in [0.05, 0.1) is 0 Å². The fourth-order valence-electron chi connectivity index (χ4n) is 3.31. The van der Waals surface area contributed by atoms with Gasteiger partial charge in [-0.1, -0.05) is 12.1 Å². The molecule has 5 nitrogen and oxygen atoms in total. The molecule has 1 saturated heterocycles. The molecule has 0 unspecified atom stereocenters.